The molecule has 2 heterocycles. The molecule has 0 aromatic heterocycles. The summed E-state index contributed by atoms with van der Waals surface area (Å²) in [5, 5.41) is 0. The zero-order valence-corrected chi connectivity index (χ0v) is 12.0. The van der Waals surface area contributed by atoms with Gasteiger partial charge in [-0.1, -0.05) is 0 Å². The van der Waals surface area contributed by atoms with Gasteiger partial charge in [0.25, 0.3) is 0 Å². The molecule has 0 amide bonds. The van der Waals surface area contributed by atoms with Crippen molar-refractivity contribution in [1.29, 1.82) is 0 Å². The normalized spacial score (nSPS) is 28.3. The average Bonchev–Trinajstić information content (AvgIpc) is 2.47. The van der Waals surface area contributed by atoms with Crippen LogP contribution < -0.4 is 0 Å². The van der Waals surface area contributed by atoms with Gasteiger partial charge in [0.2, 0.25) is 0 Å². The lowest BCUT2D eigenvalue weighted by molar-refractivity contribution is -0.148. The van der Waals surface area contributed by atoms with Crippen LogP contribution in [0, 0.1) is 0 Å². The van der Waals surface area contributed by atoms with Gasteiger partial charge in [-0.2, -0.15) is 0 Å². The fraction of sp³-hybridized carbons (Fsp3) is 0.667. The summed E-state index contributed by atoms with van der Waals surface area (Å²) < 4.78 is 9.67. The Labute approximate surface area is 110 Å². The lowest BCUT2D eigenvalue weighted by Crippen LogP contribution is -2.52. The molecule has 2 aliphatic rings. The van der Waals surface area contributed by atoms with Crippen LogP contribution in [0.2, 0.25) is 0 Å². The Balaban J connectivity index is 2.46. The van der Waals surface area contributed by atoms with Crippen LogP contribution in [0.4, 0.5) is 0 Å². The van der Waals surface area contributed by atoms with E-state index in [1.54, 1.807) is 11.1 Å². The zero-order chi connectivity index (χ0) is 13.7. The van der Waals surface area contributed by atoms with Crippen molar-refractivity contribution in [3.05, 3.63) is 11.1 Å². The molecule has 18 heavy (non-hydrogen) atoms. The summed E-state index contributed by atoms with van der Waals surface area (Å²) in [7, 11) is 1.35. The summed E-state index contributed by atoms with van der Waals surface area (Å²) in [5.41, 5.74) is -0.737. The topological polar surface area (TPSA) is 55.8 Å². The first-order valence-electron chi connectivity index (χ1n) is 5.69. The standard InChI is InChI=1S/C12H17NO4S/c1-11(2)8-10(15)17-12(3,4)13(8)6-7(18-11)9(14)16-5/h6,8H,1-5H3. The van der Waals surface area contributed by atoms with E-state index < -0.39 is 10.5 Å². The first-order chi connectivity index (χ1) is 8.19. The van der Waals surface area contributed by atoms with Crippen LogP contribution >= 0.6 is 11.8 Å². The number of carbonyl (C=O) groups is 2. The van der Waals surface area contributed by atoms with Gasteiger partial charge in [0.1, 0.15) is 10.9 Å². The molecule has 0 spiro atoms. The maximum absolute atomic E-state index is 12.0. The Morgan fingerprint density at radius 2 is 2.06 bits per heavy atom. The fourth-order valence-corrected chi connectivity index (χ4v) is 3.54. The van der Waals surface area contributed by atoms with Crippen molar-refractivity contribution < 1.29 is 19.1 Å². The number of hydrogen-bond acceptors (Lipinski definition) is 6. The van der Waals surface area contributed by atoms with E-state index >= 15 is 0 Å². The highest BCUT2D eigenvalue weighted by Crippen LogP contribution is 2.47. The van der Waals surface area contributed by atoms with Crippen LogP contribution in [0.15, 0.2) is 11.1 Å². The molecule has 5 nitrogen and oxygen atoms in total. The lowest BCUT2D eigenvalue weighted by Gasteiger charge is -2.41. The second-order valence-corrected chi connectivity index (χ2v) is 7.06. The third-order valence-corrected chi connectivity index (χ3v) is 4.39. The molecule has 0 N–H and O–H groups in total. The number of esters is 2. The van der Waals surface area contributed by atoms with Crippen LogP contribution in [-0.4, -0.2) is 40.5 Å². The smallest absolute Gasteiger partial charge is 0.345 e. The highest BCUT2D eigenvalue weighted by molar-refractivity contribution is 8.05. The molecule has 1 atom stereocenters. The summed E-state index contributed by atoms with van der Waals surface area (Å²) >= 11 is 1.35. The number of rotatable bonds is 1. The minimum Gasteiger partial charge on any atom is -0.465 e. The van der Waals surface area contributed by atoms with Crippen LogP contribution in [0.1, 0.15) is 27.7 Å². The molecule has 0 radical (unpaired) electrons. The summed E-state index contributed by atoms with van der Waals surface area (Å²) in [4.78, 5) is 25.9. The maximum Gasteiger partial charge on any atom is 0.345 e. The molecule has 1 saturated heterocycles. The number of methoxy groups -OCH3 is 1. The van der Waals surface area contributed by atoms with Crippen molar-refractivity contribution in [2.24, 2.45) is 0 Å². The van der Waals surface area contributed by atoms with E-state index in [2.05, 4.69) is 0 Å². The Bertz CT molecular complexity index is 441. The van der Waals surface area contributed by atoms with Gasteiger partial charge in [-0.05, 0) is 27.7 Å². The SMILES string of the molecule is COC(=O)C1=CN2C(C(=O)OC2(C)C)C(C)(C)S1. The second kappa shape index (κ2) is 3.91. The Morgan fingerprint density at radius 1 is 1.44 bits per heavy atom. The summed E-state index contributed by atoms with van der Waals surface area (Å²) in [5.74, 6) is -0.640. The molecule has 0 aliphatic carbocycles. The van der Waals surface area contributed by atoms with Crippen LogP contribution in [0.25, 0.3) is 0 Å². The largest absolute Gasteiger partial charge is 0.465 e. The van der Waals surface area contributed by atoms with Gasteiger partial charge < -0.3 is 14.4 Å². The number of ether oxygens (including phenoxy) is 2. The van der Waals surface area contributed by atoms with E-state index in [0.29, 0.717) is 4.91 Å². The van der Waals surface area contributed by atoms with E-state index in [4.69, 9.17) is 9.47 Å². The van der Waals surface area contributed by atoms with Gasteiger partial charge in [-0.15, -0.1) is 11.8 Å². The third kappa shape index (κ3) is 1.88. The monoisotopic (exact) mass is 271 g/mol. The predicted octanol–water partition coefficient (Wildman–Crippen LogP) is 1.49. The second-order valence-electron chi connectivity index (χ2n) is 5.37. The number of thioether (sulfide) groups is 1. The Morgan fingerprint density at radius 3 is 2.61 bits per heavy atom. The van der Waals surface area contributed by atoms with Gasteiger partial charge in [0, 0.05) is 10.9 Å². The quantitative estimate of drug-likeness (QED) is 0.673. The molecule has 0 saturated carbocycles. The Hall–Kier alpha value is -1.17. The van der Waals surface area contributed by atoms with Gasteiger partial charge >= 0.3 is 11.9 Å². The molecule has 2 aliphatic heterocycles. The van der Waals surface area contributed by atoms with Crippen molar-refractivity contribution in [3.8, 4) is 0 Å². The highest BCUT2D eigenvalue weighted by atomic mass is 32.2. The van der Waals surface area contributed by atoms with E-state index in [-0.39, 0.29) is 18.0 Å². The molecule has 0 aromatic carbocycles. The number of cyclic esters (lactones) is 1. The summed E-state index contributed by atoms with van der Waals surface area (Å²) in [6.07, 6.45) is 1.66. The van der Waals surface area contributed by atoms with Crippen molar-refractivity contribution >= 4 is 23.7 Å². The van der Waals surface area contributed by atoms with Crippen LogP contribution in [-0.2, 0) is 19.1 Å². The lowest BCUT2D eigenvalue weighted by atomic mass is 10.0. The summed E-state index contributed by atoms with van der Waals surface area (Å²) in [6.45, 7) is 7.46. The first kappa shape index (κ1) is 13.3. The molecule has 100 valence electrons. The minimum atomic E-state index is -0.737. The molecule has 6 heteroatoms. The van der Waals surface area contributed by atoms with Gasteiger partial charge in [-0.3, -0.25) is 0 Å². The molecule has 0 aromatic rings. The molecule has 1 unspecified atom stereocenters. The van der Waals surface area contributed by atoms with Crippen LogP contribution in [0.5, 0.6) is 0 Å². The van der Waals surface area contributed by atoms with Crippen molar-refractivity contribution in [2.45, 2.75) is 44.2 Å². The molecule has 1 fully saturated rings. The predicted molar refractivity (Wildman–Crippen MR) is 67.6 cm³/mol. The van der Waals surface area contributed by atoms with Gasteiger partial charge in [0.15, 0.2) is 5.72 Å². The Kier molecular flexibility index (Phi) is 2.88. The van der Waals surface area contributed by atoms with E-state index in [9.17, 15) is 9.59 Å². The first-order valence-corrected chi connectivity index (χ1v) is 6.51. The molecule has 0 bridgehead atoms. The highest BCUT2D eigenvalue weighted by Gasteiger charge is 2.56. The number of nitrogens with zero attached hydrogens (tertiary/aromatic N) is 1. The van der Waals surface area contributed by atoms with Crippen molar-refractivity contribution in [1.82, 2.24) is 4.90 Å². The molecule has 2 rings (SSSR count). The van der Waals surface area contributed by atoms with Gasteiger partial charge in [-0.25, -0.2) is 9.59 Å². The number of hydrogen-bond donors (Lipinski definition) is 0. The van der Waals surface area contributed by atoms with Gasteiger partial charge in [0.05, 0.1) is 7.11 Å². The molecular formula is C12H17NO4S. The number of carbonyl (C=O) groups excluding carboxylic acids is 2. The van der Waals surface area contributed by atoms with Crippen molar-refractivity contribution in [2.75, 3.05) is 7.11 Å². The summed E-state index contributed by atoms with van der Waals surface area (Å²) in [6, 6.07) is -0.383. The minimum absolute atomic E-state index is 0.252. The fourth-order valence-electron chi connectivity index (χ4n) is 2.31. The van der Waals surface area contributed by atoms with E-state index in [0.717, 1.165) is 0 Å². The third-order valence-electron chi connectivity index (χ3n) is 3.15. The average molecular weight is 271 g/mol. The van der Waals surface area contributed by atoms with Crippen LogP contribution in [0.3, 0.4) is 0 Å². The maximum atomic E-state index is 12.0. The molecular weight excluding hydrogens is 254 g/mol. The van der Waals surface area contributed by atoms with Crippen molar-refractivity contribution in [3.63, 3.8) is 0 Å². The van der Waals surface area contributed by atoms with E-state index in [1.165, 1.54) is 18.9 Å². The number of fused-ring (bicyclic) bond motifs is 1. The van der Waals surface area contributed by atoms with E-state index in [1.807, 2.05) is 27.7 Å². The zero-order valence-electron chi connectivity index (χ0n) is 11.1.